The molecule has 0 saturated carbocycles. The standard InChI is InChI=1S/C9H10BrNO/c1-7(10)11-9(12)8-5-3-2-4-6-8/h2-7H,1H3,(H,11,12). The number of amides is 1. The van der Waals surface area contributed by atoms with Gasteiger partial charge < -0.3 is 5.32 Å². The normalized spacial score (nSPS) is 12.2. The van der Waals surface area contributed by atoms with Crippen LogP contribution in [0.2, 0.25) is 0 Å². The summed E-state index contributed by atoms with van der Waals surface area (Å²) in [6.45, 7) is 1.86. The van der Waals surface area contributed by atoms with Crippen LogP contribution < -0.4 is 5.32 Å². The fourth-order valence-corrected chi connectivity index (χ4v) is 1.06. The van der Waals surface area contributed by atoms with Crippen molar-refractivity contribution in [3.05, 3.63) is 35.9 Å². The van der Waals surface area contributed by atoms with Crippen LogP contribution in [0, 0.1) is 0 Å². The topological polar surface area (TPSA) is 29.1 Å². The van der Waals surface area contributed by atoms with E-state index in [2.05, 4.69) is 21.2 Å². The second-order valence-corrected chi connectivity index (χ2v) is 3.83. The molecule has 2 nitrogen and oxygen atoms in total. The Hall–Kier alpha value is -0.830. The van der Waals surface area contributed by atoms with Crippen molar-refractivity contribution in [1.29, 1.82) is 0 Å². The van der Waals surface area contributed by atoms with E-state index < -0.39 is 0 Å². The van der Waals surface area contributed by atoms with Crippen molar-refractivity contribution in [2.75, 3.05) is 0 Å². The number of carbonyl (C=O) groups excluding carboxylic acids is 1. The summed E-state index contributed by atoms with van der Waals surface area (Å²) in [5.74, 6) is -0.0556. The van der Waals surface area contributed by atoms with Crippen molar-refractivity contribution in [2.24, 2.45) is 0 Å². The summed E-state index contributed by atoms with van der Waals surface area (Å²) in [6.07, 6.45) is 0. The van der Waals surface area contributed by atoms with Gasteiger partial charge in [-0.05, 0) is 19.1 Å². The number of hydrogen-bond donors (Lipinski definition) is 1. The maximum absolute atomic E-state index is 11.3. The molecule has 1 aromatic carbocycles. The van der Waals surface area contributed by atoms with E-state index >= 15 is 0 Å². The number of hydrogen-bond acceptors (Lipinski definition) is 1. The van der Waals surface area contributed by atoms with Crippen molar-refractivity contribution in [3.63, 3.8) is 0 Å². The number of nitrogens with one attached hydrogen (secondary N) is 1. The summed E-state index contributed by atoms with van der Waals surface area (Å²) in [5.41, 5.74) is 0.684. The van der Waals surface area contributed by atoms with Crippen LogP contribution in [-0.2, 0) is 0 Å². The average Bonchev–Trinajstić information content (AvgIpc) is 2.05. The molecular formula is C9H10BrNO. The van der Waals surface area contributed by atoms with Gasteiger partial charge >= 0.3 is 0 Å². The molecule has 0 bridgehead atoms. The van der Waals surface area contributed by atoms with Crippen LogP contribution in [0.15, 0.2) is 30.3 Å². The number of benzene rings is 1. The van der Waals surface area contributed by atoms with Gasteiger partial charge in [-0.25, -0.2) is 0 Å². The summed E-state index contributed by atoms with van der Waals surface area (Å²) in [6, 6.07) is 9.13. The van der Waals surface area contributed by atoms with Gasteiger partial charge in [0.05, 0.1) is 4.95 Å². The maximum Gasteiger partial charge on any atom is 0.252 e. The van der Waals surface area contributed by atoms with Gasteiger partial charge in [0.15, 0.2) is 0 Å². The van der Waals surface area contributed by atoms with Crippen molar-refractivity contribution in [3.8, 4) is 0 Å². The van der Waals surface area contributed by atoms with Gasteiger partial charge in [0.2, 0.25) is 0 Å². The zero-order chi connectivity index (χ0) is 8.97. The largest absolute Gasteiger partial charge is 0.340 e. The molecular weight excluding hydrogens is 218 g/mol. The highest BCUT2D eigenvalue weighted by Crippen LogP contribution is 2.00. The Kier molecular flexibility index (Phi) is 3.29. The Balaban J connectivity index is 2.66. The van der Waals surface area contributed by atoms with Gasteiger partial charge in [0.25, 0.3) is 5.91 Å². The minimum Gasteiger partial charge on any atom is -0.340 e. The summed E-state index contributed by atoms with van der Waals surface area (Å²) in [4.78, 5) is 11.3. The van der Waals surface area contributed by atoms with Crippen molar-refractivity contribution in [2.45, 2.75) is 11.9 Å². The van der Waals surface area contributed by atoms with Crippen LogP contribution in [0.1, 0.15) is 17.3 Å². The van der Waals surface area contributed by atoms with Crippen LogP contribution in [0.4, 0.5) is 0 Å². The molecule has 12 heavy (non-hydrogen) atoms. The molecule has 0 radical (unpaired) electrons. The molecule has 0 spiro atoms. The molecule has 0 aliphatic heterocycles. The molecule has 64 valence electrons. The molecule has 1 unspecified atom stereocenters. The van der Waals surface area contributed by atoms with Crippen LogP contribution in [0.25, 0.3) is 0 Å². The summed E-state index contributed by atoms with van der Waals surface area (Å²) in [7, 11) is 0. The zero-order valence-corrected chi connectivity index (χ0v) is 8.34. The van der Waals surface area contributed by atoms with Gasteiger partial charge in [-0.1, -0.05) is 34.1 Å². The molecule has 1 atom stereocenters. The maximum atomic E-state index is 11.3. The molecule has 1 aromatic rings. The van der Waals surface area contributed by atoms with Crippen LogP contribution in [-0.4, -0.2) is 10.9 Å². The second-order valence-electron chi connectivity index (χ2n) is 2.46. The molecule has 3 heteroatoms. The summed E-state index contributed by atoms with van der Waals surface area (Å²) >= 11 is 3.24. The third-order valence-electron chi connectivity index (χ3n) is 1.37. The van der Waals surface area contributed by atoms with Crippen LogP contribution >= 0.6 is 15.9 Å². The molecule has 0 aromatic heterocycles. The molecule has 0 aliphatic rings. The first-order valence-electron chi connectivity index (χ1n) is 3.70. The molecule has 1 amide bonds. The SMILES string of the molecule is CC(Br)NC(=O)c1ccccc1. The van der Waals surface area contributed by atoms with E-state index in [0.29, 0.717) is 5.56 Å². The van der Waals surface area contributed by atoms with Gasteiger partial charge in [-0.3, -0.25) is 4.79 Å². The predicted molar refractivity (Wildman–Crippen MR) is 52.3 cm³/mol. The van der Waals surface area contributed by atoms with Gasteiger partial charge in [0.1, 0.15) is 0 Å². The first-order chi connectivity index (χ1) is 5.70. The lowest BCUT2D eigenvalue weighted by Crippen LogP contribution is -2.27. The predicted octanol–water partition coefficient (Wildman–Crippen LogP) is 2.16. The molecule has 0 heterocycles. The van der Waals surface area contributed by atoms with E-state index in [9.17, 15) is 4.79 Å². The Morgan fingerprint density at radius 1 is 1.42 bits per heavy atom. The Morgan fingerprint density at radius 2 is 2.00 bits per heavy atom. The molecule has 0 fully saturated rings. The lowest BCUT2D eigenvalue weighted by molar-refractivity contribution is 0.0952. The average molecular weight is 228 g/mol. The second kappa shape index (κ2) is 4.26. The van der Waals surface area contributed by atoms with E-state index in [-0.39, 0.29) is 10.9 Å². The van der Waals surface area contributed by atoms with E-state index in [0.717, 1.165) is 0 Å². The highest BCUT2D eigenvalue weighted by Gasteiger charge is 2.05. The number of carbonyl (C=O) groups is 1. The minimum atomic E-state index is -0.0556. The van der Waals surface area contributed by atoms with Gasteiger partial charge in [0, 0.05) is 5.56 Å². The zero-order valence-electron chi connectivity index (χ0n) is 6.75. The number of rotatable bonds is 2. The van der Waals surface area contributed by atoms with Gasteiger partial charge in [-0.2, -0.15) is 0 Å². The Bertz CT molecular complexity index is 258. The molecule has 0 aliphatic carbocycles. The van der Waals surface area contributed by atoms with E-state index in [1.165, 1.54) is 0 Å². The van der Waals surface area contributed by atoms with Crippen molar-refractivity contribution in [1.82, 2.24) is 5.32 Å². The Labute approximate surface area is 80.1 Å². The number of alkyl halides is 1. The van der Waals surface area contributed by atoms with E-state index in [4.69, 9.17) is 0 Å². The first kappa shape index (κ1) is 9.26. The van der Waals surface area contributed by atoms with E-state index in [1.807, 2.05) is 25.1 Å². The number of halogens is 1. The lowest BCUT2D eigenvalue weighted by Gasteiger charge is -2.05. The quantitative estimate of drug-likeness (QED) is 0.609. The third-order valence-corrected chi connectivity index (χ3v) is 1.59. The minimum absolute atomic E-state index is 0.00482. The van der Waals surface area contributed by atoms with Crippen LogP contribution in [0.5, 0.6) is 0 Å². The highest BCUT2D eigenvalue weighted by atomic mass is 79.9. The third kappa shape index (κ3) is 2.66. The Morgan fingerprint density at radius 3 is 2.50 bits per heavy atom. The summed E-state index contributed by atoms with van der Waals surface area (Å²) < 4.78 is 0. The molecule has 1 N–H and O–H groups in total. The van der Waals surface area contributed by atoms with Crippen molar-refractivity contribution < 1.29 is 4.79 Å². The molecule has 1 rings (SSSR count). The monoisotopic (exact) mass is 227 g/mol. The van der Waals surface area contributed by atoms with Gasteiger partial charge in [-0.15, -0.1) is 0 Å². The highest BCUT2D eigenvalue weighted by molar-refractivity contribution is 9.09. The fourth-order valence-electron chi connectivity index (χ4n) is 0.854. The summed E-state index contributed by atoms with van der Waals surface area (Å²) in [5, 5.41) is 2.74. The molecule has 0 saturated heterocycles. The van der Waals surface area contributed by atoms with Crippen molar-refractivity contribution >= 4 is 21.8 Å². The lowest BCUT2D eigenvalue weighted by atomic mass is 10.2. The fraction of sp³-hybridized carbons (Fsp3) is 0.222. The van der Waals surface area contributed by atoms with Crippen LogP contribution in [0.3, 0.4) is 0 Å². The smallest absolute Gasteiger partial charge is 0.252 e. The van der Waals surface area contributed by atoms with E-state index in [1.54, 1.807) is 12.1 Å². The first-order valence-corrected chi connectivity index (χ1v) is 4.61.